The van der Waals surface area contributed by atoms with E-state index in [0.29, 0.717) is 21.3 Å². The molecule has 3 rings (SSSR count). The Labute approximate surface area is 171 Å². The smallest absolute Gasteiger partial charge is 0.264 e. The third kappa shape index (κ3) is 5.19. The molecule has 1 aromatic heterocycles. The van der Waals surface area contributed by atoms with Crippen molar-refractivity contribution in [3.05, 3.63) is 76.5 Å². The van der Waals surface area contributed by atoms with Gasteiger partial charge in [0.15, 0.2) is 0 Å². The summed E-state index contributed by atoms with van der Waals surface area (Å²) in [6.45, 7) is 0. The van der Waals surface area contributed by atoms with E-state index in [1.807, 2.05) is 0 Å². The number of hydrogen-bond donors (Lipinski definition) is 2. The van der Waals surface area contributed by atoms with Crippen LogP contribution in [0.1, 0.15) is 5.56 Å². The molecule has 0 fully saturated rings. The van der Waals surface area contributed by atoms with Gasteiger partial charge in [0.05, 0.1) is 11.3 Å². The minimum Gasteiger partial charge on any atom is -0.326 e. The van der Waals surface area contributed by atoms with Crippen LogP contribution in [0.3, 0.4) is 0 Å². The van der Waals surface area contributed by atoms with Crippen molar-refractivity contribution < 1.29 is 13.2 Å². The van der Waals surface area contributed by atoms with Gasteiger partial charge in [-0.2, -0.15) is 0 Å². The standard InChI is InChI=1S/C18H14Cl2N4O3S/c19-13-3-2-12(16(20)11-13)10-17(25)23-14-4-6-15(7-5-14)28(26,27)24-18-21-8-1-9-22-18/h1-9,11H,10H2,(H,23,25)(H,21,22,24). The lowest BCUT2D eigenvalue weighted by Crippen LogP contribution is -2.16. The normalized spacial score (nSPS) is 11.1. The average Bonchev–Trinajstić information content (AvgIpc) is 2.65. The van der Waals surface area contributed by atoms with Crippen LogP contribution in [0.15, 0.2) is 65.8 Å². The van der Waals surface area contributed by atoms with E-state index < -0.39 is 10.0 Å². The monoisotopic (exact) mass is 436 g/mol. The average molecular weight is 437 g/mol. The number of nitrogens with one attached hydrogen (secondary N) is 2. The zero-order chi connectivity index (χ0) is 20.1. The zero-order valence-corrected chi connectivity index (χ0v) is 16.6. The number of carbonyl (C=O) groups is 1. The van der Waals surface area contributed by atoms with Gasteiger partial charge in [-0.3, -0.25) is 4.79 Å². The highest BCUT2D eigenvalue weighted by Crippen LogP contribution is 2.22. The van der Waals surface area contributed by atoms with E-state index in [1.54, 1.807) is 24.3 Å². The van der Waals surface area contributed by atoms with Gasteiger partial charge in [0.1, 0.15) is 0 Å². The lowest BCUT2D eigenvalue weighted by atomic mass is 10.1. The first-order valence-electron chi connectivity index (χ1n) is 7.97. The van der Waals surface area contributed by atoms with Crippen molar-refractivity contribution in [3.8, 4) is 0 Å². The molecule has 0 unspecified atom stereocenters. The van der Waals surface area contributed by atoms with Crippen molar-refractivity contribution in [1.29, 1.82) is 0 Å². The Balaban J connectivity index is 1.66. The lowest BCUT2D eigenvalue weighted by molar-refractivity contribution is -0.115. The summed E-state index contributed by atoms with van der Waals surface area (Å²) in [5.74, 6) is -0.324. The minimum atomic E-state index is -3.83. The SMILES string of the molecule is O=C(Cc1ccc(Cl)cc1Cl)Nc1ccc(S(=O)(=O)Nc2ncccn2)cc1. The largest absolute Gasteiger partial charge is 0.326 e. The molecule has 3 aromatic rings. The fraction of sp³-hybridized carbons (Fsp3) is 0.0556. The molecule has 0 aliphatic carbocycles. The van der Waals surface area contributed by atoms with E-state index in [2.05, 4.69) is 20.0 Å². The van der Waals surface area contributed by atoms with Crippen LogP contribution < -0.4 is 10.0 Å². The van der Waals surface area contributed by atoms with Crippen molar-refractivity contribution in [2.75, 3.05) is 10.0 Å². The molecular weight excluding hydrogens is 423 g/mol. The summed E-state index contributed by atoms with van der Waals surface area (Å²) in [6.07, 6.45) is 2.91. The second-order valence-corrected chi connectivity index (χ2v) is 8.19. The van der Waals surface area contributed by atoms with Gasteiger partial charge in [-0.25, -0.2) is 23.1 Å². The second kappa shape index (κ2) is 8.55. The number of anilines is 2. The van der Waals surface area contributed by atoms with Gasteiger partial charge in [-0.1, -0.05) is 29.3 Å². The van der Waals surface area contributed by atoms with E-state index in [1.165, 1.54) is 36.7 Å². The maximum Gasteiger partial charge on any atom is 0.264 e. The Morgan fingerprint density at radius 1 is 1.00 bits per heavy atom. The number of halogens is 2. The molecule has 2 N–H and O–H groups in total. The van der Waals surface area contributed by atoms with Gasteiger partial charge in [0, 0.05) is 28.1 Å². The van der Waals surface area contributed by atoms with Gasteiger partial charge in [0.25, 0.3) is 10.0 Å². The lowest BCUT2D eigenvalue weighted by Gasteiger charge is -2.09. The highest BCUT2D eigenvalue weighted by Gasteiger charge is 2.16. The molecular formula is C18H14Cl2N4O3S. The molecule has 0 spiro atoms. The summed E-state index contributed by atoms with van der Waals surface area (Å²) in [4.78, 5) is 19.8. The third-order valence-electron chi connectivity index (χ3n) is 3.61. The quantitative estimate of drug-likeness (QED) is 0.612. The molecule has 7 nitrogen and oxygen atoms in total. The molecule has 28 heavy (non-hydrogen) atoms. The minimum absolute atomic E-state index is 0.0127. The van der Waals surface area contributed by atoms with Crippen LogP contribution in [0.2, 0.25) is 10.0 Å². The highest BCUT2D eigenvalue weighted by molar-refractivity contribution is 7.92. The fourth-order valence-corrected chi connectivity index (χ4v) is 3.72. The van der Waals surface area contributed by atoms with Crippen LogP contribution in [-0.2, 0) is 21.2 Å². The molecule has 0 atom stereocenters. The molecule has 2 aromatic carbocycles. The van der Waals surface area contributed by atoms with Crippen LogP contribution >= 0.6 is 23.2 Å². The van der Waals surface area contributed by atoms with E-state index in [0.717, 1.165) is 0 Å². The Bertz CT molecular complexity index is 1090. The molecule has 0 bridgehead atoms. The summed E-state index contributed by atoms with van der Waals surface area (Å²) in [5.41, 5.74) is 1.08. The summed E-state index contributed by atoms with van der Waals surface area (Å²) >= 11 is 11.9. The number of aromatic nitrogens is 2. The number of hydrogen-bond acceptors (Lipinski definition) is 5. The van der Waals surface area contributed by atoms with E-state index >= 15 is 0 Å². The van der Waals surface area contributed by atoms with Crippen molar-refractivity contribution in [3.63, 3.8) is 0 Å². The zero-order valence-electron chi connectivity index (χ0n) is 14.3. The van der Waals surface area contributed by atoms with Crippen LogP contribution in [0.5, 0.6) is 0 Å². The molecule has 0 saturated carbocycles. The van der Waals surface area contributed by atoms with Gasteiger partial charge >= 0.3 is 0 Å². The van der Waals surface area contributed by atoms with E-state index in [9.17, 15) is 13.2 Å². The van der Waals surface area contributed by atoms with Crippen molar-refractivity contribution in [2.45, 2.75) is 11.3 Å². The first kappa shape index (κ1) is 20.1. The number of amides is 1. The Morgan fingerprint density at radius 2 is 1.68 bits per heavy atom. The number of sulfonamides is 1. The maximum atomic E-state index is 12.3. The molecule has 144 valence electrons. The van der Waals surface area contributed by atoms with Crippen LogP contribution in [0, 0.1) is 0 Å². The van der Waals surface area contributed by atoms with E-state index in [-0.39, 0.29) is 23.2 Å². The number of carbonyl (C=O) groups excluding carboxylic acids is 1. The van der Waals surface area contributed by atoms with Crippen molar-refractivity contribution in [2.24, 2.45) is 0 Å². The van der Waals surface area contributed by atoms with Crippen molar-refractivity contribution in [1.82, 2.24) is 9.97 Å². The summed E-state index contributed by atoms with van der Waals surface area (Å²) in [6, 6.07) is 12.2. The summed E-state index contributed by atoms with van der Waals surface area (Å²) < 4.78 is 27.0. The number of rotatable bonds is 6. The number of nitrogens with zero attached hydrogens (tertiary/aromatic N) is 2. The summed E-state index contributed by atoms with van der Waals surface area (Å²) in [7, 11) is -3.83. The van der Waals surface area contributed by atoms with Crippen molar-refractivity contribution >= 4 is 50.8 Å². The van der Waals surface area contributed by atoms with Gasteiger partial charge in [-0.15, -0.1) is 0 Å². The van der Waals surface area contributed by atoms with Crippen LogP contribution in [0.4, 0.5) is 11.6 Å². The van der Waals surface area contributed by atoms with Gasteiger partial charge in [0.2, 0.25) is 11.9 Å². The number of benzene rings is 2. The van der Waals surface area contributed by atoms with Crippen LogP contribution in [0.25, 0.3) is 0 Å². The molecule has 0 radical (unpaired) electrons. The predicted octanol–water partition coefficient (Wildman–Crippen LogP) is 3.77. The predicted molar refractivity (Wildman–Crippen MR) is 108 cm³/mol. The van der Waals surface area contributed by atoms with E-state index in [4.69, 9.17) is 23.2 Å². The first-order valence-corrected chi connectivity index (χ1v) is 10.2. The fourth-order valence-electron chi connectivity index (χ4n) is 2.29. The summed E-state index contributed by atoms with van der Waals surface area (Å²) in [5, 5.41) is 3.58. The Hall–Kier alpha value is -2.68. The Kier molecular flexibility index (Phi) is 6.13. The molecule has 0 aliphatic heterocycles. The first-order chi connectivity index (χ1) is 13.3. The maximum absolute atomic E-state index is 12.3. The topological polar surface area (TPSA) is 101 Å². The highest BCUT2D eigenvalue weighted by atomic mass is 35.5. The second-order valence-electron chi connectivity index (χ2n) is 5.66. The Morgan fingerprint density at radius 3 is 2.32 bits per heavy atom. The third-order valence-corrected chi connectivity index (χ3v) is 5.54. The van der Waals surface area contributed by atoms with Gasteiger partial charge in [-0.05, 0) is 48.0 Å². The molecule has 0 aliphatic rings. The molecule has 1 heterocycles. The van der Waals surface area contributed by atoms with Gasteiger partial charge < -0.3 is 5.32 Å². The molecule has 0 saturated heterocycles. The molecule has 1 amide bonds. The molecule has 10 heteroatoms. The van der Waals surface area contributed by atoms with Crippen LogP contribution in [-0.4, -0.2) is 24.3 Å².